The maximum absolute atomic E-state index is 12.1. The molecule has 1 aliphatic carbocycles. The van der Waals surface area contributed by atoms with Gasteiger partial charge < -0.3 is 11.1 Å². The predicted octanol–water partition coefficient (Wildman–Crippen LogP) is 2.94. The van der Waals surface area contributed by atoms with Crippen LogP contribution < -0.4 is 11.1 Å². The smallest absolute Gasteiger partial charge is 0.242 e. The monoisotopic (exact) mass is 325 g/mol. The van der Waals surface area contributed by atoms with Crippen LogP contribution in [0.1, 0.15) is 32.6 Å². The second kappa shape index (κ2) is 6.48. The lowest BCUT2D eigenvalue weighted by molar-refractivity contribution is -0.118. The van der Waals surface area contributed by atoms with Crippen LogP contribution in [0.5, 0.6) is 0 Å². The molecule has 0 saturated heterocycles. The summed E-state index contributed by atoms with van der Waals surface area (Å²) in [7, 11) is 0. The zero-order chi connectivity index (χ0) is 13.8. The van der Waals surface area contributed by atoms with Gasteiger partial charge in [-0.3, -0.25) is 4.79 Å². The number of rotatable bonds is 3. The van der Waals surface area contributed by atoms with Crippen LogP contribution in [0.4, 0.5) is 5.82 Å². The van der Waals surface area contributed by atoms with Crippen molar-refractivity contribution >= 4 is 27.7 Å². The first-order valence-corrected chi connectivity index (χ1v) is 7.53. The Hall–Kier alpha value is -0.940. The number of amides is 1. The van der Waals surface area contributed by atoms with Crippen LogP contribution in [0.3, 0.4) is 0 Å². The van der Waals surface area contributed by atoms with Gasteiger partial charge in [-0.1, -0.05) is 19.8 Å². The summed E-state index contributed by atoms with van der Waals surface area (Å²) in [6, 6.07) is 3.17. The lowest BCUT2D eigenvalue weighted by Crippen LogP contribution is -2.43. The lowest BCUT2D eigenvalue weighted by atomic mass is 9.79. The first-order chi connectivity index (χ1) is 9.06. The quantitative estimate of drug-likeness (QED) is 0.897. The number of carbonyl (C=O) groups is 1. The van der Waals surface area contributed by atoms with E-state index < -0.39 is 6.04 Å². The van der Waals surface area contributed by atoms with E-state index >= 15 is 0 Å². The highest BCUT2D eigenvalue weighted by atomic mass is 79.9. The van der Waals surface area contributed by atoms with Gasteiger partial charge in [-0.15, -0.1) is 0 Å². The van der Waals surface area contributed by atoms with E-state index in [-0.39, 0.29) is 5.91 Å². The molecular formula is C14H20BrN3O. The highest BCUT2D eigenvalue weighted by Gasteiger charge is 2.28. The molecule has 1 aromatic heterocycles. The molecule has 1 aromatic rings. The van der Waals surface area contributed by atoms with Gasteiger partial charge in [0.1, 0.15) is 5.82 Å². The molecule has 1 heterocycles. The lowest BCUT2D eigenvalue weighted by Gasteiger charge is -2.29. The molecule has 2 rings (SSSR count). The van der Waals surface area contributed by atoms with Crippen molar-refractivity contribution in [1.29, 1.82) is 0 Å². The van der Waals surface area contributed by atoms with Crippen LogP contribution in [0.2, 0.25) is 0 Å². The topological polar surface area (TPSA) is 68.0 Å². The van der Waals surface area contributed by atoms with Gasteiger partial charge in [0.2, 0.25) is 5.91 Å². The number of nitrogens with one attached hydrogen (secondary N) is 1. The Morgan fingerprint density at radius 1 is 1.42 bits per heavy atom. The maximum Gasteiger partial charge on any atom is 0.242 e. The Morgan fingerprint density at radius 3 is 2.68 bits per heavy atom. The van der Waals surface area contributed by atoms with Gasteiger partial charge in [-0.25, -0.2) is 4.98 Å². The molecule has 0 aliphatic heterocycles. The van der Waals surface area contributed by atoms with E-state index in [1.54, 1.807) is 12.3 Å². The molecule has 1 fully saturated rings. The Bertz CT molecular complexity index is 427. The van der Waals surface area contributed by atoms with E-state index in [0.29, 0.717) is 11.7 Å². The van der Waals surface area contributed by atoms with Gasteiger partial charge in [0.05, 0.1) is 6.04 Å². The fraction of sp³-hybridized carbons (Fsp3) is 0.571. The zero-order valence-corrected chi connectivity index (χ0v) is 12.7. The molecule has 0 spiro atoms. The summed E-state index contributed by atoms with van der Waals surface area (Å²) < 4.78 is 0.885. The van der Waals surface area contributed by atoms with Gasteiger partial charge >= 0.3 is 0 Å². The molecule has 0 radical (unpaired) electrons. The fourth-order valence-corrected chi connectivity index (χ4v) is 2.75. The molecular weight excluding hydrogens is 306 g/mol. The molecule has 4 nitrogen and oxygen atoms in total. The summed E-state index contributed by atoms with van der Waals surface area (Å²) in [5, 5.41) is 2.78. The molecule has 1 atom stereocenters. The van der Waals surface area contributed by atoms with Crippen LogP contribution in [0.25, 0.3) is 0 Å². The van der Waals surface area contributed by atoms with Crippen molar-refractivity contribution < 1.29 is 4.79 Å². The van der Waals surface area contributed by atoms with Crippen LogP contribution in [-0.2, 0) is 4.79 Å². The van der Waals surface area contributed by atoms with E-state index in [1.807, 2.05) is 6.07 Å². The van der Waals surface area contributed by atoms with Crippen molar-refractivity contribution in [3.8, 4) is 0 Å². The summed E-state index contributed by atoms with van der Waals surface area (Å²) in [4.78, 5) is 16.2. The van der Waals surface area contributed by atoms with Crippen molar-refractivity contribution in [2.24, 2.45) is 17.6 Å². The molecule has 3 N–H and O–H groups in total. The van der Waals surface area contributed by atoms with Gasteiger partial charge in [0, 0.05) is 10.7 Å². The summed E-state index contributed by atoms with van der Waals surface area (Å²) in [5.41, 5.74) is 6.07. The van der Waals surface area contributed by atoms with Crippen LogP contribution in [-0.4, -0.2) is 16.9 Å². The number of hydrogen-bond acceptors (Lipinski definition) is 3. The van der Waals surface area contributed by atoms with E-state index in [2.05, 4.69) is 33.2 Å². The van der Waals surface area contributed by atoms with Gasteiger partial charge in [-0.05, 0) is 52.7 Å². The SMILES string of the molecule is C[C@H]1CC[C@H]([C@H](N)C(=O)Nc2ccc(Br)cn2)CC1. The first-order valence-electron chi connectivity index (χ1n) is 6.74. The molecule has 0 unspecified atom stereocenters. The van der Waals surface area contributed by atoms with E-state index in [4.69, 9.17) is 5.73 Å². The molecule has 19 heavy (non-hydrogen) atoms. The minimum atomic E-state index is -0.432. The molecule has 1 aliphatic rings. The highest BCUT2D eigenvalue weighted by Crippen LogP contribution is 2.30. The average Bonchev–Trinajstić information content (AvgIpc) is 2.41. The Labute approximate surface area is 122 Å². The summed E-state index contributed by atoms with van der Waals surface area (Å²) in [6.07, 6.45) is 6.08. The Morgan fingerprint density at radius 2 is 2.11 bits per heavy atom. The van der Waals surface area contributed by atoms with Gasteiger partial charge in [0.25, 0.3) is 0 Å². The first kappa shape index (κ1) is 14.5. The van der Waals surface area contributed by atoms with Gasteiger partial charge in [-0.2, -0.15) is 0 Å². The molecule has 1 saturated carbocycles. The number of halogens is 1. The minimum Gasteiger partial charge on any atom is -0.320 e. The molecule has 0 bridgehead atoms. The van der Waals surface area contributed by atoms with Crippen molar-refractivity contribution in [3.05, 3.63) is 22.8 Å². The minimum absolute atomic E-state index is 0.130. The number of carbonyl (C=O) groups excluding carboxylic acids is 1. The van der Waals surface area contributed by atoms with Crippen molar-refractivity contribution in [1.82, 2.24) is 4.98 Å². The maximum atomic E-state index is 12.1. The van der Waals surface area contributed by atoms with E-state index in [9.17, 15) is 4.79 Å². The van der Waals surface area contributed by atoms with E-state index in [0.717, 1.165) is 23.2 Å². The number of aromatic nitrogens is 1. The summed E-state index contributed by atoms with van der Waals surface area (Å²) >= 11 is 3.31. The largest absolute Gasteiger partial charge is 0.320 e. The highest BCUT2D eigenvalue weighted by molar-refractivity contribution is 9.10. The fourth-order valence-electron chi connectivity index (χ4n) is 2.52. The average molecular weight is 326 g/mol. The number of anilines is 1. The molecule has 104 valence electrons. The van der Waals surface area contributed by atoms with Gasteiger partial charge in [0.15, 0.2) is 0 Å². The third-order valence-electron chi connectivity index (χ3n) is 3.85. The molecule has 5 heteroatoms. The third-order valence-corrected chi connectivity index (χ3v) is 4.32. The van der Waals surface area contributed by atoms with Crippen LogP contribution in [0, 0.1) is 11.8 Å². The zero-order valence-electron chi connectivity index (χ0n) is 11.1. The second-order valence-corrected chi connectivity index (χ2v) is 6.31. The van der Waals surface area contributed by atoms with E-state index in [1.165, 1.54) is 12.8 Å². The number of pyridine rings is 1. The normalized spacial score (nSPS) is 24.8. The summed E-state index contributed by atoms with van der Waals surface area (Å²) in [6.45, 7) is 2.26. The molecule has 0 aromatic carbocycles. The van der Waals surface area contributed by atoms with Crippen LogP contribution in [0.15, 0.2) is 22.8 Å². The summed E-state index contributed by atoms with van der Waals surface area (Å²) in [5.74, 6) is 1.48. The molecule has 1 amide bonds. The Kier molecular flexibility index (Phi) is 4.93. The number of nitrogens with zero attached hydrogens (tertiary/aromatic N) is 1. The second-order valence-electron chi connectivity index (χ2n) is 5.40. The van der Waals surface area contributed by atoms with Crippen molar-refractivity contribution in [2.45, 2.75) is 38.6 Å². The van der Waals surface area contributed by atoms with Crippen molar-refractivity contribution in [2.75, 3.05) is 5.32 Å². The Balaban J connectivity index is 1.90. The van der Waals surface area contributed by atoms with Crippen molar-refractivity contribution in [3.63, 3.8) is 0 Å². The van der Waals surface area contributed by atoms with Crippen LogP contribution >= 0.6 is 15.9 Å². The number of nitrogens with two attached hydrogens (primary N) is 1. The standard InChI is InChI=1S/C14H20BrN3O/c1-9-2-4-10(5-3-9)13(16)14(19)18-12-7-6-11(15)8-17-12/h6-10,13H,2-5,16H2,1H3,(H,17,18,19)/t9-,10-,13-/m0/s1. The number of hydrogen-bond donors (Lipinski definition) is 2. The third kappa shape index (κ3) is 4.01. The predicted molar refractivity (Wildman–Crippen MR) is 79.7 cm³/mol.